The third-order valence-electron chi connectivity index (χ3n) is 4.19. The topological polar surface area (TPSA) is 74.7 Å². The molecule has 0 aliphatic carbocycles. The molecule has 1 atom stereocenters. The highest BCUT2D eigenvalue weighted by atomic mass is 14.9. The third-order valence-corrected chi connectivity index (χ3v) is 4.19. The van der Waals surface area contributed by atoms with Crippen molar-refractivity contribution in [3.05, 3.63) is 83.6 Å². The second kappa shape index (κ2) is 7.61. The molecule has 3 rings (SSSR count). The fourth-order valence-electron chi connectivity index (χ4n) is 2.73. The number of pyridine rings is 1. The van der Waals surface area contributed by atoms with Crippen LogP contribution >= 0.6 is 0 Å². The number of anilines is 1. The third kappa shape index (κ3) is 4.23. The molecule has 3 aromatic rings. The molecule has 1 unspecified atom stereocenters. The van der Waals surface area contributed by atoms with Crippen molar-refractivity contribution >= 4 is 5.82 Å². The summed E-state index contributed by atoms with van der Waals surface area (Å²) < 4.78 is 0. The summed E-state index contributed by atoms with van der Waals surface area (Å²) in [5, 5.41) is 12.5. The smallest absolute Gasteiger partial charge is 0.123 e. The number of aromatic nitrogens is 1. The molecule has 0 aliphatic rings. The summed E-state index contributed by atoms with van der Waals surface area (Å²) in [6, 6.07) is 22.3. The van der Waals surface area contributed by atoms with Gasteiger partial charge in [-0.1, -0.05) is 36.4 Å². The maximum Gasteiger partial charge on any atom is 0.123 e. The van der Waals surface area contributed by atoms with Gasteiger partial charge in [-0.05, 0) is 53.4 Å². The van der Waals surface area contributed by atoms with E-state index in [2.05, 4.69) is 47.6 Å². The average Bonchev–Trinajstić information content (AvgIpc) is 2.66. The molecule has 0 bridgehead atoms. The Morgan fingerprint density at radius 2 is 1.88 bits per heavy atom. The van der Waals surface area contributed by atoms with Gasteiger partial charge < -0.3 is 11.1 Å². The second-order valence-electron chi connectivity index (χ2n) is 6.01. The van der Waals surface area contributed by atoms with Gasteiger partial charge in [0.1, 0.15) is 5.82 Å². The first-order valence-corrected chi connectivity index (χ1v) is 8.20. The maximum atomic E-state index is 9.03. The lowest BCUT2D eigenvalue weighted by molar-refractivity contribution is 0.574. The van der Waals surface area contributed by atoms with Crippen LogP contribution in [0.1, 0.15) is 29.7 Å². The quantitative estimate of drug-likeness (QED) is 0.741. The maximum absolute atomic E-state index is 9.03. The van der Waals surface area contributed by atoms with E-state index in [1.165, 1.54) is 5.56 Å². The molecule has 0 radical (unpaired) electrons. The van der Waals surface area contributed by atoms with Crippen molar-refractivity contribution in [1.82, 2.24) is 10.3 Å². The van der Waals surface area contributed by atoms with Crippen molar-refractivity contribution in [2.45, 2.75) is 19.5 Å². The molecule has 3 N–H and O–H groups in total. The summed E-state index contributed by atoms with van der Waals surface area (Å²) >= 11 is 0. The van der Waals surface area contributed by atoms with E-state index < -0.39 is 0 Å². The van der Waals surface area contributed by atoms with Gasteiger partial charge in [-0.15, -0.1) is 0 Å². The fraction of sp³-hybridized carbons (Fsp3) is 0.143. The Morgan fingerprint density at radius 1 is 1.08 bits per heavy atom. The number of rotatable bonds is 5. The van der Waals surface area contributed by atoms with E-state index in [0.717, 1.165) is 23.2 Å². The number of nitrogens with two attached hydrogens (primary N) is 1. The minimum absolute atomic E-state index is 0.217. The molecule has 0 saturated carbocycles. The Labute approximate surface area is 148 Å². The van der Waals surface area contributed by atoms with E-state index in [0.29, 0.717) is 11.4 Å². The van der Waals surface area contributed by atoms with E-state index >= 15 is 0 Å². The van der Waals surface area contributed by atoms with Crippen LogP contribution in [0.3, 0.4) is 0 Å². The number of nitrogens with zero attached hydrogens (tertiary/aromatic N) is 2. The lowest BCUT2D eigenvalue weighted by Crippen LogP contribution is -2.18. The highest BCUT2D eigenvalue weighted by Gasteiger charge is 2.06. The molecule has 0 amide bonds. The molecule has 4 nitrogen and oxygen atoms in total. The zero-order chi connectivity index (χ0) is 17.6. The minimum Gasteiger partial charge on any atom is -0.384 e. The van der Waals surface area contributed by atoms with Gasteiger partial charge in [0.25, 0.3) is 0 Å². The fourth-order valence-corrected chi connectivity index (χ4v) is 2.73. The number of nitrogens with one attached hydrogen (secondary N) is 1. The Balaban J connectivity index is 1.68. The van der Waals surface area contributed by atoms with Crippen LogP contribution in [0.5, 0.6) is 0 Å². The van der Waals surface area contributed by atoms with E-state index in [-0.39, 0.29) is 6.04 Å². The lowest BCUT2D eigenvalue weighted by Gasteiger charge is -2.15. The van der Waals surface area contributed by atoms with Crippen LogP contribution in [-0.4, -0.2) is 4.98 Å². The normalized spacial score (nSPS) is 11.7. The molecule has 0 spiro atoms. The zero-order valence-electron chi connectivity index (χ0n) is 14.1. The van der Waals surface area contributed by atoms with Crippen molar-refractivity contribution in [1.29, 1.82) is 5.26 Å². The molecule has 0 saturated heterocycles. The van der Waals surface area contributed by atoms with Gasteiger partial charge in [-0.3, -0.25) is 0 Å². The van der Waals surface area contributed by atoms with Gasteiger partial charge in [0.15, 0.2) is 0 Å². The molecule has 0 aliphatic heterocycles. The van der Waals surface area contributed by atoms with Gasteiger partial charge in [0.05, 0.1) is 11.6 Å². The van der Waals surface area contributed by atoms with Crippen molar-refractivity contribution in [3.8, 4) is 17.2 Å². The summed E-state index contributed by atoms with van der Waals surface area (Å²) in [7, 11) is 0. The monoisotopic (exact) mass is 328 g/mol. The number of benzene rings is 2. The lowest BCUT2D eigenvalue weighted by atomic mass is 10.00. The molecule has 25 heavy (non-hydrogen) atoms. The van der Waals surface area contributed by atoms with Gasteiger partial charge >= 0.3 is 0 Å². The van der Waals surface area contributed by atoms with E-state index in [1.807, 2.05) is 36.4 Å². The van der Waals surface area contributed by atoms with Crippen LogP contribution in [0, 0.1) is 11.3 Å². The van der Waals surface area contributed by atoms with Crippen molar-refractivity contribution in [3.63, 3.8) is 0 Å². The Hall–Kier alpha value is -3.16. The highest BCUT2D eigenvalue weighted by molar-refractivity contribution is 5.65. The standard InChI is InChI=1S/C21H20N4/c1-15(25-14-17-9-10-24-21(23)12-17)18-5-7-19(8-6-18)20-4-2-3-16(11-20)13-22/h2-12,15,25H,14H2,1H3,(H2,23,24). The molecule has 124 valence electrons. The molecule has 0 fully saturated rings. The highest BCUT2D eigenvalue weighted by Crippen LogP contribution is 2.23. The van der Waals surface area contributed by atoms with Gasteiger partial charge in [-0.25, -0.2) is 4.98 Å². The second-order valence-corrected chi connectivity index (χ2v) is 6.01. The predicted octanol–water partition coefficient (Wildman–Crippen LogP) is 4.05. The summed E-state index contributed by atoms with van der Waals surface area (Å²) in [6.07, 6.45) is 1.72. The molecule has 2 aromatic carbocycles. The summed E-state index contributed by atoms with van der Waals surface area (Å²) in [4.78, 5) is 4.01. The molecular weight excluding hydrogens is 308 g/mol. The van der Waals surface area contributed by atoms with Crippen molar-refractivity contribution < 1.29 is 0 Å². The summed E-state index contributed by atoms with van der Waals surface area (Å²) in [6.45, 7) is 2.87. The number of nitrogen functional groups attached to an aromatic ring is 1. The number of hydrogen-bond donors (Lipinski definition) is 2. The Bertz CT molecular complexity index is 894. The number of hydrogen-bond acceptors (Lipinski definition) is 4. The molecular formula is C21H20N4. The van der Waals surface area contributed by atoms with Crippen molar-refractivity contribution in [2.24, 2.45) is 0 Å². The first-order valence-electron chi connectivity index (χ1n) is 8.20. The molecule has 1 heterocycles. The van der Waals surface area contributed by atoms with Crippen LogP contribution in [0.4, 0.5) is 5.82 Å². The Morgan fingerprint density at radius 3 is 2.60 bits per heavy atom. The van der Waals surface area contributed by atoms with Gasteiger partial charge in [0, 0.05) is 18.8 Å². The van der Waals surface area contributed by atoms with Gasteiger partial charge in [-0.2, -0.15) is 5.26 Å². The van der Waals surface area contributed by atoms with Crippen LogP contribution in [0.25, 0.3) is 11.1 Å². The minimum atomic E-state index is 0.217. The largest absolute Gasteiger partial charge is 0.384 e. The Kier molecular flexibility index (Phi) is 5.08. The number of nitriles is 1. The van der Waals surface area contributed by atoms with E-state index in [9.17, 15) is 0 Å². The van der Waals surface area contributed by atoms with Crippen LogP contribution in [0.2, 0.25) is 0 Å². The first kappa shape index (κ1) is 16.7. The summed E-state index contributed by atoms with van der Waals surface area (Å²) in [5.74, 6) is 0.538. The average molecular weight is 328 g/mol. The SMILES string of the molecule is CC(NCc1ccnc(N)c1)c1ccc(-c2cccc(C#N)c2)cc1. The summed E-state index contributed by atoms with van der Waals surface area (Å²) in [5.41, 5.74) is 10.9. The van der Waals surface area contributed by atoms with E-state index in [4.69, 9.17) is 11.0 Å². The van der Waals surface area contributed by atoms with Crippen molar-refractivity contribution in [2.75, 3.05) is 5.73 Å². The zero-order valence-corrected chi connectivity index (χ0v) is 14.1. The molecule has 4 heteroatoms. The van der Waals surface area contributed by atoms with Gasteiger partial charge in [0.2, 0.25) is 0 Å². The van der Waals surface area contributed by atoms with Crippen LogP contribution in [0.15, 0.2) is 66.9 Å². The van der Waals surface area contributed by atoms with E-state index in [1.54, 1.807) is 6.20 Å². The molecule has 1 aromatic heterocycles. The van der Waals surface area contributed by atoms with Crippen LogP contribution in [-0.2, 0) is 6.54 Å². The first-order chi connectivity index (χ1) is 12.2. The van der Waals surface area contributed by atoms with Crippen LogP contribution < -0.4 is 11.1 Å². The predicted molar refractivity (Wildman–Crippen MR) is 100 cm³/mol.